The minimum atomic E-state index is -3.72. The van der Waals surface area contributed by atoms with Crippen molar-refractivity contribution in [3.63, 3.8) is 0 Å². The van der Waals surface area contributed by atoms with Gasteiger partial charge in [-0.1, -0.05) is 26.0 Å². The number of aliphatic hydroxyl groups excluding tert-OH is 1. The van der Waals surface area contributed by atoms with E-state index in [-0.39, 0.29) is 18.2 Å². The van der Waals surface area contributed by atoms with E-state index in [4.69, 9.17) is 9.84 Å². The molecule has 158 valence electrons. The van der Waals surface area contributed by atoms with E-state index in [2.05, 4.69) is 18.6 Å². The van der Waals surface area contributed by atoms with Crippen molar-refractivity contribution in [2.45, 2.75) is 84.3 Å². The summed E-state index contributed by atoms with van der Waals surface area (Å²) in [5, 5.41) is 9.09. The molecule has 6 heteroatoms. The Morgan fingerprint density at radius 2 is 1.82 bits per heavy atom. The third-order valence-electron chi connectivity index (χ3n) is 5.44. The highest BCUT2D eigenvalue weighted by Crippen LogP contribution is 2.42. The van der Waals surface area contributed by atoms with Gasteiger partial charge in [0.1, 0.15) is 11.4 Å². The van der Waals surface area contributed by atoms with E-state index in [1.165, 1.54) is 0 Å². The van der Waals surface area contributed by atoms with E-state index >= 15 is 0 Å². The van der Waals surface area contributed by atoms with Gasteiger partial charge in [0.2, 0.25) is 10.0 Å². The highest BCUT2D eigenvalue weighted by Gasteiger charge is 2.33. The van der Waals surface area contributed by atoms with E-state index < -0.39 is 10.0 Å². The van der Waals surface area contributed by atoms with Crippen molar-refractivity contribution >= 4 is 10.0 Å². The van der Waals surface area contributed by atoms with Gasteiger partial charge < -0.3 is 9.84 Å². The van der Waals surface area contributed by atoms with Gasteiger partial charge in [-0.3, -0.25) is 0 Å². The van der Waals surface area contributed by atoms with Crippen LogP contribution in [0.25, 0.3) is 0 Å². The number of hydrogen-bond acceptors (Lipinski definition) is 4. The van der Waals surface area contributed by atoms with Crippen molar-refractivity contribution in [2.24, 2.45) is 5.92 Å². The molecule has 0 fully saturated rings. The number of rotatable bonds is 7. The maximum Gasteiger partial charge on any atom is 0.241 e. The van der Waals surface area contributed by atoms with E-state index in [1.807, 2.05) is 34.6 Å². The van der Waals surface area contributed by atoms with Crippen LogP contribution in [0.15, 0.2) is 17.0 Å². The van der Waals surface area contributed by atoms with Gasteiger partial charge >= 0.3 is 0 Å². The summed E-state index contributed by atoms with van der Waals surface area (Å²) in [6.07, 6.45) is 5.64. The molecule has 0 bridgehead atoms. The maximum absolute atomic E-state index is 13.3. The molecule has 1 aromatic carbocycles. The monoisotopic (exact) mass is 409 g/mol. The van der Waals surface area contributed by atoms with Crippen LogP contribution in [0.4, 0.5) is 0 Å². The Labute approximate surface area is 170 Å². The van der Waals surface area contributed by atoms with Crippen LogP contribution in [0.5, 0.6) is 5.75 Å². The first-order chi connectivity index (χ1) is 12.9. The smallest absolute Gasteiger partial charge is 0.241 e. The summed E-state index contributed by atoms with van der Waals surface area (Å²) in [6, 6.07) is -0.359. The van der Waals surface area contributed by atoms with Crippen molar-refractivity contribution in [3.05, 3.63) is 34.4 Å². The second-order valence-corrected chi connectivity index (χ2v) is 10.5. The molecule has 5 nitrogen and oxygen atoms in total. The van der Waals surface area contributed by atoms with E-state index in [0.717, 1.165) is 40.8 Å². The van der Waals surface area contributed by atoms with Crippen molar-refractivity contribution in [1.29, 1.82) is 0 Å². The fourth-order valence-corrected chi connectivity index (χ4v) is 5.68. The summed E-state index contributed by atoms with van der Waals surface area (Å²) in [6.45, 7) is 13.8. The molecule has 0 amide bonds. The predicted octanol–water partition coefficient (Wildman–Crippen LogP) is 3.96. The largest absolute Gasteiger partial charge is 0.487 e. The minimum absolute atomic E-state index is 0.112. The molecule has 0 aliphatic carbocycles. The van der Waals surface area contributed by atoms with Gasteiger partial charge in [0.05, 0.1) is 11.5 Å². The first-order valence-corrected chi connectivity index (χ1v) is 11.5. The Morgan fingerprint density at radius 3 is 2.39 bits per heavy atom. The molecule has 0 saturated carbocycles. The highest BCUT2D eigenvalue weighted by atomic mass is 32.2. The molecule has 1 aromatic rings. The SMILES string of the molecule is Cc1c(C)c(S(=O)(=O)N[C@H](/C=C/CO)CC(C)C)c(C)c2c1OC(C)(C)CC2. The number of hydrogen-bond donors (Lipinski definition) is 2. The van der Waals surface area contributed by atoms with E-state index in [0.29, 0.717) is 17.2 Å². The van der Waals surface area contributed by atoms with Crippen LogP contribution in [-0.2, 0) is 16.4 Å². The Kier molecular flexibility index (Phi) is 7.00. The summed E-state index contributed by atoms with van der Waals surface area (Å²) >= 11 is 0. The Hall–Kier alpha value is -1.37. The molecule has 0 radical (unpaired) electrons. The lowest BCUT2D eigenvalue weighted by atomic mass is 9.88. The second kappa shape index (κ2) is 8.56. The van der Waals surface area contributed by atoms with Crippen LogP contribution in [-0.4, -0.2) is 31.8 Å². The van der Waals surface area contributed by atoms with E-state index in [1.54, 1.807) is 12.2 Å². The van der Waals surface area contributed by atoms with Gasteiger partial charge in [-0.2, -0.15) is 0 Å². The number of nitrogens with one attached hydrogen (secondary N) is 1. The van der Waals surface area contributed by atoms with Crippen LogP contribution in [0.1, 0.15) is 62.8 Å². The average Bonchev–Trinajstić information content (AvgIpc) is 2.56. The van der Waals surface area contributed by atoms with Crippen molar-refractivity contribution in [2.75, 3.05) is 6.61 Å². The molecular formula is C22H35NO4S. The molecule has 2 N–H and O–H groups in total. The topological polar surface area (TPSA) is 75.6 Å². The van der Waals surface area contributed by atoms with Gasteiger partial charge in [-0.25, -0.2) is 13.1 Å². The Bertz CT molecular complexity index is 854. The van der Waals surface area contributed by atoms with Crippen LogP contribution in [0, 0.1) is 26.7 Å². The number of ether oxygens (including phenoxy) is 1. The quantitative estimate of drug-likeness (QED) is 0.669. The van der Waals surface area contributed by atoms with Crippen LogP contribution < -0.4 is 9.46 Å². The molecule has 28 heavy (non-hydrogen) atoms. The van der Waals surface area contributed by atoms with Crippen LogP contribution in [0.3, 0.4) is 0 Å². The zero-order chi connectivity index (χ0) is 21.3. The summed E-state index contributed by atoms with van der Waals surface area (Å²) < 4.78 is 35.7. The van der Waals surface area contributed by atoms with Crippen LogP contribution in [0.2, 0.25) is 0 Å². The molecule has 1 aliphatic rings. The van der Waals surface area contributed by atoms with Crippen molar-refractivity contribution < 1.29 is 18.3 Å². The van der Waals surface area contributed by atoms with Gasteiger partial charge in [-0.15, -0.1) is 0 Å². The minimum Gasteiger partial charge on any atom is -0.487 e. The lowest BCUT2D eigenvalue weighted by molar-refractivity contribution is 0.0832. The van der Waals surface area contributed by atoms with Gasteiger partial charge in [0.15, 0.2) is 0 Å². The first-order valence-electron chi connectivity index (χ1n) is 10.0. The molecule has 0 spiro atoms. The molecule has 0 aromatic heterocycles. The lowest BCUT2D eigenvalue weighted by Crippen LogP contribution is -2.37. The summed E-state index contributed by atoms with van der Waals surface area (Å²) in [7, 11) is -3.72. The number of aliphatic hydroxyl groups is 1. The van der Waals surface area contributed by atoms with Crippen molar-refractivity contribution in [3.8, 4) is 5.75 Å². The number of sulfonamides is 1. The Balaban J connectivity index is 2.51. The predicted molar refractivity (Wildman–Crippen MR) is 113 cm³/mol. The Morgan fingerprint density at radius 1 is 1.18 bits per heavy atom. The van der Waals surface area contributed by atoms with Crippen molar-refractivity contribution in [1.82, 2.24) is 4.72 Å². The summed E-state index contributed by atoms with van der Waals surface area (Å²) in [5.41, 5.74) is 3.15. The lowest BCUT2D eigenvalue weighted by Gasteiger charge is -2.35. The fourth-order valence-electron chi connectivity index (χ4n) is 3.91. The standard InChI is InChI=1S/C22H35NO4S/c1-14(2)13-18(9-8-12-24)23-28(25,26)21-16(4)15(3)20-19(17(21)5)10-11-22(6,7)27-20/h8-9,14,18,23-24H,10-13H2,1-7H3/b9-8+/t18-/m1/s1. The molecule has 1 aliphatic heterocycles. The van der Waals surface area contributed by atoms with Crippen LogP contribution >= 0.6 is 0 Å². The molecule has 1 atom stereocenters. The molecule has 1 heterocycles. The third kappa shape index (κ3) is 4.97. The fraction of sp³-hybridized carbons (Fsp3) is 0.636. The average molecular weight is 410 g/mol. The first kappa shape index (κ1) is 22.9. The van der Waals surface area contributed by atoms with Gasteiger partial charge in [0.25, 0.3) is 0 Å². The van der Waals surface area contributed by atoms with E-state index in [9.17, 15) is 8.42 Å². The number of fused-ring (bicyclic) bond motifs is 1. The number of benzene rings is 1. The van der Waals surface area contributed by atoms with Gasteiger partial charge in [-0.05, 0) is 82.1 Å². The normalized spacial score (nSPS) is 17.6. The zero-order valence-electron chi connectivity index (χ0n) is 18.2. The molecule has 0 unspecified atom stereocenters. The molecule has 0 saturated heterocycles. The van der Waals surface area contributed by atoms with Gasteiger partial charge in [0, 0.05) is 6.04 Å². The third-order valence-corrected chi connectivity index (χ3v) is 7.20. The zero-order valence-corrected chi connectivity index (χ0v) is 19.0. The summed E-state index contributed by atoms with van der Waals surface area (Å²) in [5.74, 6) is 1.16. The summed E-state index contributed by atoms with van der Waals surface area (Å²) in [4.78, 5) is 0.359. The molecular weight excluding hydrogens is 374 g/mol. The second-order valence-electron chi connectivity index (χ2n) is 8.84. The molecule has 2 rings (SSSR count). The highest BCUT2D eigenvalue weighted by molar-refractivity contribution is 7.89. The maximum atomic E-state index is 13.3.